The Hall–Kier alpha value is -4.73. The van der Waals surface area contributed by atoms with Crippen LogP contribution in [0.1, 0.15) is 43.7 Å². The first-order chi connectivity index (χ1) is 20.1. The second-order valence-electron chi connectivity index (χ2n) is 9.99. The molecule has 41 heavy (non-hydrogen) atoms. The Labute approximate surface area is 239 Å². The highest BCUT2D eigenvalue weighted by atomic mass is 16.5. The van der Waals surface area contributed by atoms with Gasteiger partial charge in [-0.25, -0.2) is 0 Å². The van der Waals surface area contributed by atoms with E-state index in [1.165, 1.54) is 16.1 Å². The van der Waals surface area contributed by atoms with Gasteiger partial charge < -0.3 is 14.8 Å². The monoisotopic (exact) mass is 554 g/mol. The fourth-order valence-electron chi connectivity index (χ4n) is 5.14. The molecule has 4 aromatic rings. The van der Waals surface area contributed by atoms with Crippen molar-refractivity contribution in [1.29, 1.82) is 0 Å². The molecule has 0 saturated heterocycles. The highest BCUT2D eigenvalue weighted by molar-refractivity contribution is 6.01. The van der Waals surface area contributed by atoms with Crippen molar-refractivity contribution in [2.75, 3.05) is 19.1 Å². The molecule has 1 atom stereocenters. The number of amides is 2. The van der Waals surface area contributed by atoms with Gasteiger partial charge in [-0.2, -0.15) is 4.80 Å². The van der Waals surface area contributed by atoms with Crippen LogP contribution in [0, 0.1) is 0 Å². The molecule has 1 heterocycles. The summed E-state index contributed by atoms with van der Waals surface area (Å²) in [5, 5.41) is 15.9. The number of hydrogen-bond acceptors (Lipinski definition) is 7. The molecule has 1 N–H and O–H groups in total. The maximum atomic E-state index is 14.1. The van der Waals surface area contributed by atoms with Gasteiger partial charge in [0.15, 0.2) is 0 Å². The Morgan fingerprint density at radius 1 is 0.927 bits per heavy atom. The minimum absolute atomic E-state index is 0.0599. The molecular weight excluding hydrogens is 520 g/mol. The molecule has 1 aliphatic rings. The van der Waals surface area contributed by atoms with Crippen molar-refractivity contribution in [2.24, 2.45) is 0 Å². The lowest BCUT2D eigenvalue weighted by Gasteiger charge is -2.33. The van der Waals surface area contributed by atoms with Gasteiger partial charge >= 0.3 is 0 Å². The molecule has 2 amide bonds. The summed E-state index contributed by atoms with van der Waals surface area (Å²) in [6, 6.07) is 22.8. The number of rotatable bonds is 10. The van der Waals surface area contributed by atoms with Crippen molar-refractivity contribution in [1.82, 2.24) is 25.5 Å². The molecule has 1 aliphatic carbocycles. The predicted molar refractivity (Wildman–Crippen MR) is 154 cm³/mol. The summed E-state index contributed by atoms with van der Waals surface area (Å²) < 4.78 is 10.8. The maximum Gasteiger partial charge on any atom is 0.251 e. The average Bonchev–Trinajstić information content (AvgIpc) is 3.49. The molecule has 212 valence electrons. The van der Waals surface area contributed by atoms with Crippen molar-refractivity contribution in [2.45, 2.75) is 50.7 Å². The van der Waals surface area contributed by atoms with Gasteiger partial charge in [0, 0.05) is 23.4 Å². The van der Waals surface area contributed by atoms with Crippen LogP contribution < -0.4 is 19.7 Å². The van der Waals surface area contributed by atoms with Crippen molar-refractivity contribution < 1.29 is 19.1 Å². The fraction of sp³-hybridized carbons (Fsp3) is 0.323. The van der Waals surface area contributed by atoms with Gasteiger partial charge in [-0.1, -0.05) is 67.8 Å². The molecule has 1 unspecified atom stereocenters. The summed E-state index contributed by atoms with van der Waals surface area (Å²) in [6.07, 6.45) is 5.13. The number of nitrogens with one attached hydrogen (secondary N) is 1. The topological polar surface area (TPSA) is 111 Å². The van der Waals surface area contributed by atoms with Gasteiger partial charge in [0.05, 0.1) is 14.2 Å². The third-order valence-electron chi connectivity index (χ3n) is 7.25. The molecule has 3 aromatic carbocycles. The molecule has 1 aromatic heterocycles. The SMILES string of the molecule is COc1ccc(C(C(=O)NC2CCCCC2)N(C(=O)Cn2nnc(-c3ccccc3)n2)c2cccc(OC)c2)cc1. The van der Waals surface area contributed by atoms with Gasteiger partial charge in [0.1, 0.15) is 24.1 Å². The van der Waals surface area contributed by atoms with Crippen LogP contribution in [-0.4, -0.2) is 52.3 Å². The van der Waals surface area contributed by atoms with E-state index in [2.05, 4.69) is 20.7 Å². The van der Waals surface area contributed by atoms with Crippen LogP contribution in [-0.2, 0) is 16.1 Å². The Bertz CT molecular complexity index is 1450. The quantitative estimate of drug-likeness (QED) is 0.305. The largest absolute Gasteiger partial charge is 0.497 e. The lowest BCUT2D eigenvalue weighted by atomic mass is 9.94. The van der Waals surface area contributed by atoms with Crippen LogP contribution in [0.3, 0.4) is 0 Å². The van der Waals surface area contributed by atoms with Crippen molar-refractivity contribution >= 4 is 17.5 Å². The van der Waals surface area contributed by atoms with E-state index in [0.717, 1.165) is 31.2 Å². The first-order valence-electron chi connectivity index (χ1n) is 13.8. The van der Waals surface area contributed by atoms with E-state index in [9.17, 15) is 9.59 Å². The number of aromatic nitrogens is 4. The van der Waals surface area contributed by atoms with Crippen LogP contribution in [0.5, 0.6) is 11.5 Å². The van der Waals surface area contributed by atoms with E-state index in [1.807, 2.05) is 42.5 Å². The number of carbonyl (C=O) groups is 2. The highest BCUT2D eigenvalue weighted by Gasteiger charge is 2.35. The maximum absolute atomic E-state index is 14.1. The van der Waals surface area contributed by atoms with E-state index < -0.39 is 6.04 Å². The van der Waals surface area contributed by atoms with Crippen molar-refractivity contribution in [3.8, 4) is 22.9 Å². The summed E-state index contributed by atoms with van der Waals surface area (Å²) in [4.78, 5) is 31.0. The third kappa shape index (κ3) is 6.71. The Kier molecular flexibility index (Phi) is 8.88. The van der Waals surface area contributed by atoms with Crippen LogP contribution in [0.2, 0.25) is 0 Å². The van der Waals surface area contributed by atoms with Crippen LogP contribution in [0.4, 0.5) is 5.69 Å². The first-order valence-corrected chi connectivity index (χ1v) is 13.8. The zero-order valence-electron chi connectivity index (χ0n) is 23.3. The molecule has 10 heteroatoms. The summed E-state index contributed by atoms with van der Waals surface area (Å²) in [5.41, 5.74) is 1.95. The summed E-state index contributed by atoms with van der Waals surface area (Å²) in [7, 11) is 3.15. The number of nitrogens with zero attached hydrogens (tertiary/aromatic N) is 5. The van der Waals surface area contributed by atoms with E-state index in [0.29, 0.717) is 28.6 Å². The van der Waals surface area contributed by atoms with Gasteiger partial charge in [-0.3, -0.25) is 14.5 Å². The molecule has 0 bridgehead atoms. The molecule has 1 saturated carbocycles. The van der Waals surface area contributed by atoms with Crippen molar-refractivity contribution in [3.63, 3.8) is 0 Å². The third-order valence-corrected chi connectivity index (χ3v) is 7.25. The van der Waals surface area contributed by atoms with Gasteiger partial charge in [0.2, 0.25) is 11.7 Å². The molecule has 0 radical (unpaired) electrons. The predicted octanol–water partition coefficient (Wildman–Crippen LogP) is 4.58. The second-order valence-corrected chi connectivity index (χ2v) is 9.99. The number of methoxy groups -OCH3 is 2. The molecular formula is C31H34N6O4. The van der Waals surface area contributed by atoms with E-state index >= 15 is 0 Å². The lowest BCUT2D eigenvalue weighted by molar-refractivity contribution is -0.127. The Morgan fingerprint density at radius 2 is 1.66 bits per heavy atom. The smallest absolute Gasteiger partial charge is 0.251 e. The van der Waals surface area contributed by atoms with E-state index in [4.69, 9.17) is 9.47 Å². The van der Waals surface area contributed by atoms with Crippen LogP contribution in [0.15, 0.2) is 78.9 Å². The standard InChI is InChI=1S/C31H34N6O4/c1-40-26-18-16-22(17-19-26)29(31(39)32-24-12-7-4-8-13-24)37(25-14-9-15-27(20-25)41-2)28(38)21-36-34-30(33-35-36)23-10-5-3-6-11-23/h3,5-6,9-11,14-20,24,29H,4,7-8,12-13,21H2,1-2H3,(H,32,39). The molecule has 10 nitrogen and oxygen atoms in total. The van der Waals surface area contributed by atoms with Crippen molar-refractivity contribution in [3.05, 3.63) is 84.4 Å². The number of benzene rings is 3. The average molecular weight is 555 g/mol. The summed E-state index contributed by atoms with van der Waals surface area (Å²) in [5.74, 6) is 0.990. The highest BCUT2D eigenvalue weighted by Crippen LogP contribution is 2.32. The number of tetrazole rings is 1. The van der Waals surface area contributed by atoms with Gasteiger partial charge in [-0.05, 0) is 47.9 Å². The van der Waals surface area contributed by atoms with E-state index in [-0.39, 0.29) is 24.4 Å². The molecule has 0 aliphatic heterocycles. The minimum Gasteiger partial charge on any atom is -0.497 e. The van der Waals surface area contributed by atoms with Gasteiger partial charge in [0.25, 0.3) is 5.91 Å². The Morgan fingerprint density at radius 3 is 2.37 bits per heavy atom. The lowest BCUT2D eigenvalue weighted by Crippen LogP contribution is -2.48. The normalized spacial score (nSPS) is 14.2. The van der Waals surface area contributed by atoms with E-state index in [1.54, 1.807) is 50.6 Å². The minimum atomic E-state index is -0.959. The zero-order chi connectivity index (χ0) is 28.6. The zero-order valence-corrected chi connectivity index (χ0v) is 23.3. The summed E-state index contributed by atoms with van der Waals surface area (Å²) in [6.45, 7) is -0.222. The first kappa shape index (κ1) is 27.8. The molecule has 1 fully saturated rings. The summed E-state index contributed by atoms with van der Waals surface area (Å²) >= 11 is 0. The molecule has 5 rings (SSSR count). The second kappa shape index (κ2) is 13.1. The number of carbonyl (C=O) groups excluding carboxylic acids is 2. The number of ether oxygens (including phenoxy) is 2. The van der Waals surface area contributed by atoms with Gasteiger partial charge in [-0.15, -0.1) is 10.2 Å². The molecule has 0 spiro atoms. The number of anilines is 1. The number of hydrogen-bond donors (Lipinski definition) is 1. The van der Waals surface area contributed by atoms with Crippen LogP contribution in [0.25, 0.3) is 11.4 Å². The van der Waals surface area contributed by atoms with Crippen LogP contribution >= 0.6 is 0 Å². The fourth-order valence-corrected chi connectivity index (χ4v) is 5.14. The Balaban J connectivity index is 1.52.